The molecule has 194 valence electrons. The summed E-state index contributed by atoms with van der Waals surface area (Å²) < 4.78 is 5.10. The number of imidazole rings is 1. The molecule has 1 rings (SSSR count). The largest absolute Gasteiger partial charge is 0.256 e. The van der Waals surface area contributed by atoms with E-state index in [-0.39, 0.29) is 0 Å². The highest BCUT2D eigenvalue weighted by Gasteiger charge is 2.15. The fourth-order valence-electron chi connectivity index (χ4n) is 5.13. The SMILES string of the molecule is CCCCCCCCCCCCCCCCCCn1cc[n+](CCCCCCC)c1CCC. The third-order valence-corrected chi connectivity index (χ3v) is 7.32. The Morgan fingerprint density at radius 2 is 0.939 bits per heavy atom. The minimum atomic E-state index is 1.21. The molecule has 0 amide bonds. The van der Waals surface area contributed by atoms with Crippen molar-refractivity contribution in [3.8, 4) is 0 Å². The Hall–Kier alpha value is -0.790. The van der Waals surface area contributed by atoms with Crippen LogP contribution in [0.15, 0.2) is 12.4 Å². The number of aryl methyl sites for hydroxylation is 2. The molecule has 0 aliphatic carbocycles. The molecular weight excluding hydrogens is 400 g/mol. The van der Waals surface area contributed by atoms with Crippen LogP contribution in [-0.4, -0.2) is 4.57 Å². The van der Waals surface area contributed by atoms with E-state index in [1.165, 1.54) is 161 Å². The Kier molecular flexibility index (Phi) is 21.1. The summed E-state index contributed by atoms with van der Waals surface area (Å²) in [5.74, 6) is 1.56. The van der Waals surface area contributed by atoms with Crippen LogP contribution in [0.5, 0.6) is 0 Å². The van der Waals surface area contributed by atoms with Crippen molar-refractivity contribution in [1.29, 1.82) is 0 Å². The van der Waals surface area contributed by atoms with Crippen LogP contribution in [-0.2, 0) is 19.5 Å². The van der Waals surface area contributed by atoms with E-state index >= 15 is 0 Å². The van der Waals surface area contributed by atoms with E-state index in [2.05, 4.69) is 42.3 Å². The molecule has 0 aromatic carbocycles. The standard InChI is InChI=1S/C31H61N2/c1-4-7-9-11-12-13-14-15-16-17-18-19-20-21-23-25-28-33-30-29-32(31(33)26-6-3)27-24-22-10-8-5-2/h29-30H,4-28H2,1-3H3/q+1. The zero-order chi connectivity index (χ0) is 23.8. The normalized spacial score (nSPS) is 11.5. The number of unbranched alkanes of at least 4 members (excludes halogenated alkanes) is 19. The van der Waals surface area contributed by atoms with Gasteiger partial charge in [0.05, 0.1) is 13.1 Å². The maximum atomic E-state index is 2.55. The van der Waals surface area contributed by atoms with Gasteiger partial charge >= 0.3 is 0 Å². The van der Waals surface area contributed by atoms with Crippen LogP contribution in [0.4, 0.5) is 0 Å². The summed E-state index contributed by atoms with van der Waals surface area (Å²) in [7, 11) is 0. The second kappa shape index (κ2) is 23.0. The number of nitrogens with zero attached hydrogens (tertiary/aromatic N) is 2. The Morgan fingerprint density at radius 3 is 1.39 bits per heavy atom. The number of hydrogen-bond donors (Lipinski definition) is 0. The van der Waals surface area contributed by atoms with Gasteiger partial charge in [0.2, 0.25) is 0 Å². The zero-order valence-corrected chi connectivity index (χ0v) is 23.2. The Morgan fingerprint density at radius 1 is 0.515 bits per heavy atom. The van der Waals surface area contributed by atoms with Gasteiger partial charge in [0.15, 0.2) is 0 Å². The minimum Gasteiger partial charge on any atom is -0.234 e. The molecule has 1 aromatic heterocycles. The summed E-state index contributed by atoms with van der Waals surface area (Å²) >= 11 is 0. The Labute approximate surface area is 208 Å². The maximum absolute atomic E-state index is 2.55. The third-order valence-electron chi connectivity index (χ3n) is 7.32. The molecule has 0 spiro atoms. The second-order valence-electron chi connectivity index (χ2n) is 10.6. The summed E-state index contributed by atoms with van der Waals surface area (Å²) in [5, 5.41) is 0. The molecule has 0 atom stereocenters. The van der Waals surface area contributed by atoms with Gasteiger partial charge in [-0.2, -0.15) is 0 Å². The molecule has 0 bridgehead atoms. The first-order valence-electron chi connectivity index (χ1n) is 15.4. The van der Waals surface area contributed by atoms with E-state index in [1.54, 1.807) is 5.82 Å². The van der Waals surface area contributed by atoms with Crippen molar-refractivity contribution in [3.05, 3.63) is 18.2 Å². The van der Waals surface area contributed by atoms with E-state index in [9.17, 15) is 0 Å². The first kappa shape index (κ1) is 30.2. The van der Waals surface area contributed by atoms with Crippen LogP contribution in [0, 0.1) is 0 Å². The van der Waals surface area contributed by atoms with Gasteiger partial charge in [-0.1, -0.05) is 130 Å². The molecule has 0 saturated carbocycles. The lowest BCUT2D eigenvalue weighted by Crippen LogP contribution is -2.37. The summed E-state index contributed by atoms with van der Waals surface area (Å²) in [4.78, 5) is 0. The predicted octanol–water partition coefficient (Wildman–Crippen LogP) is 9.96. The van der Waals surface area contributed by atoms with Gasteiger partial charge in [-0.05, 0) is 32.1 Å². The number of aromatic nitrogens is 2. The fraction of sp³-hybridized carbons (Fsp3) is 0.903. The van der Waals surface area contributed by atoms with Crippen LogP contribution in [0.1, 0.15) is 168 Å². The average Bonchev–Trinajstić information content (AvgIpc) is 3.20. The molecule has 0 unspecified atom stereocenters. The zero-order valence-electron chi connectivity index (χ0n) is 23.2. The van der Waals surface area contributed by atoms with E-state index in [4.69, 9.17) is 0 Å². The molecule has 2 nitrogen and oxygen atoms in total. The van der Waals surface area contributed by atoms with E-state index in [1.807, 2.05) is 0 Å². The Balaban J connectivity index is 2.00. The molecule has 1 heterocycles. The van der Waals surface area contributed by atoms with Gasteiger partial charge in [-0.25, -0.2) is 9.13 Å². The van der Waals surface area contributed by atoms with Gasteiger partial charge in [0.1, 0.15) is 12.4 Å². The maximum Gasteiger partial charge on any atom is 0.256 e. The lowest BCUT2D eigenvalue weighted by molar-refractivity contribution is -0.704. The van der Waals surface area contributed by atoms with Crippen LogP contribution in [0.3, 0.4) is 0 Å². The highest BCUT2D eigenvalue weighted by atomic mass is 15.1. The lowest BCUT2D eigenvalue weighted by atomic mass is 10.0. The molecule has 0 N–H and O–H groups in total. The minimum absolute atomic E-state index is 1.21. The fourth-order valence-corrected chi connectivity index (χ4v) is 5.13. The van der Waals surface area contributed by atoms with Gasteiger partial charge in [0.25, 0.3) is 5.82 Å². The first-order chi connectivity index (χ1) is 16.3. The van der Waals surface area contributed by atoms with Crippen LogP contribution < -0.4 is 4.57 Å². The van der Waals surface area contributed by atoms with Crippen molar-refractivity contribution >= 4 is 0 Å². The van der Waals surface area contributed by atoms with Gasteiger partial charge in [0, 0.05) is 6.42 Å². The van der Waals surface area contributed by atoms with Crippen molar-refractivity contribution in [2.75, 3.05) is 0 Å². The van der Waals surface area contributed by atoms with E-state index in [0.717, 1.165) is 0 Å². The Bertz CT molecular complexity index is 519. The molecule has 0 radical (unpaired) electrons. The number of rotatable bonds is 25. The van der Waals surface area contributed by atoms with Crippen molar-refractivity contribution < 1.29 is 4.57 Å². The van der Waals surface area contributed by atoms with Crippen LogP contribution >= 0.6 is 0 Å². The quantitative estimate of drug-likeness (QED) is 0.101. The number of hydrogen-bond acceptors (Lipinski definition) is 0. The van der Waals surface area contributed by atoms with Gasteiger partial charge < -0.3 is 0 Å². The lowest BCUT2D eigenvalue weighted by Gasteiger charge is -2.06. The highest BCUT2D eigenvalue weighted by Crippen LogP contribution is 2.14. The topological polar surface area (TPSA) is 8.81 Å². The molecule has 33 heavy (non-hydrogen) atoms. The molecule has 0 aliphatic heterocycles. The molecule has 0 saturated heterocycles. The molecule has 0 aliphatic rings. The van der Waals surface area contributed by atoms with Crippen molar-refractivity contribution in [3.63, 3.8) is 0 Å². The molecule has 1 aromatic rings. The highest BCUT2D eigenvalue weighted by molar-refractivity contribution is 4.84. The summed E-state index contributed by atoms with van der Waals surface area (Å²) in [6, 6.07) is 0. The van der Waals surface area contributed by atoms with Crippen molar-refractivity contribution in [1.82, 2.24) is 4.57 Å². The molecular formula is C31H61N2+. The second-order valence-corrected chi connectivity index (χ2v) is 10.6. The van der Waals surface area contributed by atoms with Crippen molar-refractivity contribution in [2.24, 2.45) is 0 Å². The molecule has 0 fully saturated rings. The van der Waals surface area contributed by atoms with E-state index in [0.29, 0.717) is 0 Å². The smallest absolute Gasteiger partial charge is 0.234 e. The average molecular weight is 462 g/mol. The van der Waals surface area contributed by atoms with E-state index < -0.39 is 0 Å². The first-order valence-corrected chi connectivity index (χ1v) is 15.4. The molecule has 2 heteroatoms. The third kappa shape index (κ3) is 16.5. The predicted molar refractivity (Wildman–Crippen MR) is 147 cm³/mol. The van der Waals surface area contributed by atoms with Crippen molar-refractivity contribution in [2.45, 2.75) is 182 Å². The van der Waals surface area contributed by atoms with Crippen LogP contribution in [0.25, 0.3) is 0 Å². The monoisotopic (exact) mass is 461 g/mol. The van der Waals surface area contributed by atoms with Gasteiger partial charge in [-0.15, -0.1) is 0 Å². The summed E-state index contributed by atoms with van der Waals surface area (Å²) in [6.07, 6.45) is 37.2. The van der Waals surface area contributed by atoms with Gasteiger partial charge in [-0.3, -0.25) is 0 Å². The van der Waals surface area contributed by atoms with Crippen LogP contribution in [0.2, 0.25) is 0 Å². The summed E-state index contributed by atoms with van der Waals surface area (Å²) in [5.41, 5.74) is 0. The summed E-state index contributed by atoms with van der Waals surface area (Å²) in [6.45, 7) is 9.35.